The number of carbonyl (C=O) groups excluding carboxylic acids is 1. The Bertz CT molecular complexity index is 550. The Kier molecular flexibility index (Phi) is 3.53. The third-order valence-electron chi connectivity index (χ3n) is 1.84. The zero-order valence-electron chi connectivity index (χ0n) is 9.03. The second-order valence-electron chi connectivity index (χ2n) is 3.24. The lowest BCUT2D eigenvalue weighted by atomic mass is 10.5. The van der Waals surface area contributed by atoms with Crippen LogP contribution in [0.15, 0.2) is 24.0 Å². The van der Waals surface area contributed by atoms with Gasteiger partial charge < -0.3 is 10.4 Å². The molecule has 18 heavy (non-hydrogen) atoms. The number of aliphatic carboxylic acids is 1. The SMILES string of the molecule is O=C(O)Cn1cc(NC(=O)Nc2nccs2)cn1. The highest BCUT2D eigenvalue weighted by atomic mass is 32.1. The van der Waals surface area contributed by atoms with Crippen LogP contribution in [0.4, 0.5) is 15.6 Å². The number of hydrogen-bond donors (Lipinski definition) is 3. The standard InChI is InChI=1S/C9H9N5O3S/c15-7(16)5-14-4-6(3-11-14)12-8(17)13-9-10-1-2-18-9/h1-4H,5H2,(H,15,16)(H2,10,12,13,17). The fraction of sp³-hybridized carbons (Fsp3) is 0.111. The molecule has 2 aromatic rings. The Morgan fingerprint density at radius 1 is 1.44 bits per heavy atom. The minimum absolute atomic E-state index is 0.254. The van der Waals surface area contributed by atoms with Gasteiger partial charge in [0.25, 0.3) is 0 Å². The number of nitrogens with one attached hydrogen (secondary N) is 2. The summed E-state index contributed by atoms with van der Waals surface area (Å²) in [4.78, 5) is 25.8. The van der Waals surface area contributed by atoms with Crippen molar-refractivity contribution >= 4 is 34.2 Å². The summed E-state index contributed by atoms with van der Waals surface area (Å²) in [5.41, 5.74) is 0.408. The molecular formula is C9H9N5O3S. The molecule has 94 valence electrons. The molecule has 8 nitrogen and oxygen atoms in total. The first-order chi connectivity index (χ1) is 8.63. The molecule has 0 aromatic carbocycles. The molecule has 0 atom stereocenters. The first-order valence-electron chi connectivity index (χ1n) is 4.85. The highest BCUT2D eigenvalue weighted by Gasteiger charge is 2.07. The number of carbonyl (C=O) groups is 2. The van der Waals surface area contributed by atoms with E-state index in [1.54, 1.807) is 11.6 Å². The van der Waals surface area contributed by atoms with Gasteiger partial charge in [0.15, 0.2) is 5.13 Å². The number of nitrogens with zero attached hydrogens (tertiary/aromatic N) is 3. The van der Waals surface area contributed by atoms with Crippen molar-refractivity contribution in [3.8, 4) is 0 Å². The summed E-state index contributed by atoms with van der Waals surface area (Å²) in [6.07, 6.45) is 4.37. The van der Waals surface area contributed by atoms with Crippen LogP contribution in [0.5, 0.6) is 0 Å². The van der Waals surface area contributed by atoms with Crippen molar-refractivity contribution in [3.63, 3.8) is 0 Å². The van der Waals surface area contributed by atoms with Crippen LogP contribution in [0.3, 0.4) is 0 Å². The van der Waals surface area contributed by atoms with Crippen LogP contribution >= 0.6 is 11.3 Å². The van der Waals surface area contributed by atoms with Crippen molar-refractivity contribution < 1.29 is 14.7 Å². The molecule has 0 saturated heterocycles. The van der Waals surface area contributed by atoms with E-state index in [2.05, 4.69) is 20.7 Å². The number of anilines is 2. The maximum Gasteiger partial charge on any atom is 0.325 e. The molecule has 2 heterocycles. The summed E-state index contributed by atoms with van der Waals surface area (Å²) in [6, 6.07) is -0.458. The minimum atomic E-state index is -1.00. The van der Waals surface area contributed by atoms with E-state index in [1.165, 1.54) is 28.4 Å². The van der Waals surface area contributed by atoms with Gasteiger partial charge in [-0.05, 0) is 0 Å². The number of thiazole rings is 1. The molecule has 0 unspecified atom stereocenters. The van der Waals surface area contributed by atoms with Crippen molar-refractivity contribution in [1.29, 1.82) is 0 Å². The van der Waals surface area contributed by atoms with E-state index in [4.69, 9.17) is 5.11 Å². The normalized spacial score (nSPS) is 10.0. The van der Waals surface area contributed by atoms with E-state index in [-0.39, 0.29) is 6.54 Å². The number of amides is 2. The predicted molar refractivity (Wildman–Crippen MR) is 64.6 cm³/mol. The van der Waals surface area contributed by atoms with Gasteiger partial charge in [0.1, 0.15) is 6.54 Å². The molecule has 9 heteroatoms. The van der Waals surface area contributed by atoms with Crippen LogP contribution < -0.4 is 10.6 Å². The van der Waals surface area contributed by atoms with Gasteiger partial charge in [0, 0.05) is 17.8 Å². The van der Waals surface area contributed by atoms with Gasteiger partial charge in [0.05, 0.1) is 11.9 Å². The highest BCUT2D eigenvalue weighted by Crippen LogP contribution is 2.11. The molecule has 0 saturated carbocycles. The second-order valence-corrected chi connectivity index (χ2v) is 4.13. The molecule has 0 aliphatic rings. The third-order valence-corrected chi connectivity index (χ3v) is 2.53. The van der Waals surface area contributed by atoms with E-state index in [9.17, 15) is 9.59 Å². The first-order valence-corrected chi connectivity index (χ1v) is 5.73. The van der Waals surface area contributed by atoms with Gasteiger partial charge in [0.2, 0.25) is 0 Å². The number of urea groups is 1. The van der Waals surface area contributed by atoms with Gasteiger partial charge in [-0.25, -0.2) is 9.78 Å². The molecule has 2 rings (SSSR count). The van der Waals surface area contributed by atoms with Crippen LogP contribution in [-0.4, -0.2) is 31.9 Å². The second kappa shape index (κ2) is 5.27. The Morgan fingerprint density at radius 2 is 2.28 bits per heavy atom. The van der Waals surface area contributed by atoms with Gasteiger partial charge in [-0.2, -0.15) is 5.10 Å². The van der Waals surface area contributed by atoms with Crippen molar-refractivity contribution in [2.45, 2.75) is 6.54 Å². The van der Waals surface area contributed by atoms with Crippen LogP contribution in [0.25, 0.3) is 0 Å². The van der Waals surface area contributed by atoms with Crippen molar-refractivity contribution in [3.05, 3.63) is 24.0 Å². The van der Waals surface area contributed by atoms with E-state index in [0.717, 1.165) is 0 Å². The Balaban J connectivity index is 1.91. The zero-order valence-corrected chi connectivity index (χ0v) is 9.85. The summed E-state index contributed by atoms with van der Waals surface area (Å²) in [6.45, 7) is -0.254. The fourth-order valence-electron chi connectivity index (χ4n) is 1.20. The lowest BCUT2D eigenvalue weighted by Crippen LogP contribution is -2.19. The third kappa shape index (κ3) is 3.28. The summed E-state index contributed by atoms with van der Waals surface area (Å²) in [7, 11) is 0. The van der Waals surface area contributed by atoms with Crippen molar-refractivity contribution in [1.82, 2.24) is 14.8 Å². The fourth-order valence-corrected chi connectivity index (χ4v) is 1.72. The van der Waals surface area contributed by atoms with Gasteiger partial charge in [-0.1, -0.05) is 0 Å². The average molecular weight is 267 g/mol. The maximum absolute atomic E-state index is 11.5. The Labute approximate surface area is 105 Å². The summed E-state index contributed by atoms with van der Waals surface area (Å²) in [5, 5.41) is 19.6. The van der Waals surface area contributed by atoms with Crippen LogP contribution in [0.2, 0.25) is 0 Å². The van der Waals surface area contributed by atoms with E-state index >= 15 is 0 Å². The zero-order chi connectivity index (χ0) is 13.0. The number of carboxylic acids is 1. The molecule has 2 amide bonds. The maximum atomic E-state index is 11.5. The minimum Gasteiger partial charge on any atom is -0.480 e. The monoisotopic (exact) mass is 267 g/mol. The number of carboxylic acid groups (broad SMARTS) is 1. The van der Waals surface area contributed by atoms with Crippen LogP contribution in [0, 0.1) is 0 Å². The summed E-state index contributed by atoms with van der Waals surface area (Å²) in [5.74, 6) is -1.00. The molecular weight excluding hydrogens is 258 g/mol. The summed E-state index contributed by atoms with van der Waals surface area (Å²) < 4.78 is 1.21. The molecule has 0 fully saturated rings. The Hall–Kier alpha value is -2.42. The first kappa shape index (κ1) is 12.0. The van der Waals surface area contributed by atoms with Crippen molar-refractivity contribution in [2.75, 3.05) is 10.6 Å². The number of hydrogen-bond acceptors (Lipinski definition) is 5. The van der Waals surface area contributed by atoms with Crippen molar-refractivity contribution in [2.24, 2.45) is 0 Å². The molecule has 0 spiro atoms. The van der Waals surface area contributed by atoms with E-state index < -0.39 is 12.0 Å². The quantitative estimate of drug-likeness (QED) is 0.767. The van der Waals surface area contributed by atoms with Gasteiger partial charge >= 0.3 is 12.0 Å². The molecule has 0 bridgehead atoms. The molecule has 0 radical (unpaired) electrons. The molecule has 0 aliphatic carbocycles. The lowest BCUT2D eigenvalue weighted by molar-refractivity contribution is -0.137. The lowest BCUT2D eigenvalue weighted by Gasteiger charge is -2.01. The van der Waals surface area contributed by atoms with Crippen LogP contribution in [-0.2, 0) is 11.3 Å². The molecule has 2 aromatic heterocycles. The van der Waals surface area contributed by atoms with Gasteiger partial charge in [-0.3, -0.25) is 14.8 Å². The molecule has 0 aliphatic heterocycles. The Morgan fingerprint density at radius 3 is 2.94 bits per heavy atom. The molecule has 3 N–H and O–H groups in total. The number of rotatable bonds is 4. The summed E-state index contributed by atoms with van der Waals surface area (Å²) >= 11 is 1.29. The predicted octanol–water partition coefficient (Wildman–Crippen LogP) is 1.07. The number of aromatic nitrogens is 3. The largest absolute Gasteiger partial charge is 0.480 e. The van der Waals surface area contributed by atoms with Crippen LogP contribution in [0.1, 0.15) is 0 Å². The van der Waals surface area contributed by atoms with Gasteiger partial charge in [-0.15, -0.1) is 11.3 Å². The average Bonchev–Trinajstić information content (AvgIpc) is 2.89. The highest BCUT2D eigenvalue weighted by molar-refractivity contribution is 7.13. The topological polar surface area (TPSA) is 109 Å². The smallest absolute Gasteiger partial charge is 0.325 e. The van der Waals surface area contributed by atoms with E-state index in [1.807, 2.05) is 0 Å². The van der Waals surface area contributed by atoms with E-state index in [0.29, 0.717) is 10.8 Å².